The quantitative estimate of drug-likeness (QED) is 0.435. The average molecular weight is 437 g/mol. The lowest BCUT2D eigenvalue weighted by Crippen LogP contribution is -2.29. The smallest absolute Gasteiger partial charge is 0.166 e. The second-order valence-electron chi connectivity index (χ2n) is 7.79. The van der Waals surface area contributed by atoms with E-state index in [1.165, 1.54) is 19.3 Å². The Morgan fingerprint density at radius 2 is 1.74 bits per heavy atom. The third kappa shape index (κ3) is 5.45. The van der Waals surface area contributed by atoms with Crippen LogP contribution in [0.15, 0.2) is 66.7 Å². The summed E-state index contributed by atoms with van der Waals surface area (Å²) in [4.78, 5) is 2.38. The zero-order valence-electron chi connectivity index (χ0n) is 17.9. The van der Waals surface area contributed by atoms with Crippen LogP contribution in [0.3, 0.4) is 0 Å². The van der Waals surface area contributed by atoms with Gasteiger partial charge in [0.2, 0.25) is 0 Å². The molecule has 0 spiro atoms. The number of ether oxygens (including phenoxy) is 2. The van der Waals surface area contributed by atoms with Gasteiger partial charge in [-0.15, -0.1) is 0 Å². The van der Waals surface area contributed by atoms with Crippen molar-refractivity contribution in [2.45, 2.75) is 32.4 Å². The molecule has 4 rings (SSSR count). The fourth-order valence-electron chi connectivity index (χ4n) is 3.96. The van der Waals surface area contributed by atoms with Crippen molar-refractivity contribution >= 4 is 23.0 Å². The zero-order valence-corrected chi connectivity index (χ0v) is 18.7. The molecule has 1 aliphatic rings. The van der Waals surface area contributed by atoms with Gasteiger partial charge in [0, 0.05) is 30.9 Å². The molecule has 0 aliphatic carbocycles. The Labute approximate surface area is 189 Å². The minimum absolute atomic E-state index is 0.491. The maximum Gasteiger partial charge on any atom is 0.166 e. The summed E-state index contributed by atoms with van der Waals surface area (Å²) in [6.07, 6.45) is 3.78. The molecule has 0 atom stereocenters. The number of para-hydroxylation sites is 1. The van der Waals surface area contributed by atoms with Gasteiger partial charge in [-0.25, -0.2) is 0 Å². The number of halogens is 1. The van der Waals surface area contributed by atoms with Gasteiger partial charge in [0.1, 0.15) is 6.61 Å². The number of piperidine rings is 1. The molecule has 1 saturated heterocycles. The van der Waals surface area contributed by atoms with Crippen LogP contribution in [0.1, 0.15) is 30.4 Å². The molecule has 1 N–H and O–H groups in total. The van der Waals surface area contributed by atoms with Crippen LogP contribution in [0.4, 0.5) is 11.4 Å². The Bertz CT molecular complexity index is 988. The molecule has 3 aromatic rings. The molecule has 0 radical (unpaired) electrons. The minimum Gasteiger partial charge on any atom is -0.493 e. The normalized spacial score (nSPS) is 13.7. The number of hydrogen-bond acceptors (Lipinski definition) is 4. The highest BCUT2D eigenvalue weighted by molar-refractivity contribution is 6.33. The fourth-order valence-corrected chi connectivity index (χ4v) is 4.26. The van der Waals surface area contributed by atoms with Crippen molar-refractivity contribution in [3.8, 4) is 11.5 Å². The van der Waals surface area contributed by atoms with Gasteiger partial charge in [0.05, 0.1) is 17.8 Å². The van der Waals surface area contributed by atoms with Gasteiger partial charge in [-0.05, 0) is 49.1 Å². The van der Waals surface area contributed by atoms with Crippen LogP contribution in [-0.4, -0.2) is 20.2 Å². The molecule has 0 aromatic heterocycles. The lowest BCUT2D eigenvalue weighted by molar-refractivity contribution is 0.281. The maximum absolute atomic E-state index is 6.61. The molecule has 0 saturated carbocycles. The van der Waals surface area contributed by atoms with E-state index < -0.39 is 0 Å². The molecule has 4 nitrogen and oxygen atoms in total. The summed E-state index contributed by atoms with van der Waals surface area (Å²) in [7, 11) is 1.67. The summed E-state index contributed by atoms with van der Waals surface area (Å²) >= 11 is 6.61. The van der Waals surface area contributed by atoms with E-state index >= 15 is 0 Å². The standard InChI is InChI=1S/C26H29ClN2O2/c1-30-25-12-8-11-21(26(25)31-19-20-9-4-2-5-10-20)18-28-22-13-14-24(23(27)17-22)29-15-6-3-7-16-29/h2,4-5,8-14,17,28H,3,6-7,15-16,18-19H2,1H3. The Hall–Kier alpha value is -2.85. The summed E-state index contributed by atoms with van der Waals surface area (Å²) in [5.74, 6) is 1.49. The second kappa shape index (κ2) is 10.5. The molecular weight excluding hydrogens is 408 g/mol. The lowest BCUT2D eigenvalue weighted by atomic mass is 10.1. The summed E-state index contributed by atoms with van der Waals surface area (Å²) < 4.78 is 11.7. The van der Waals surface area contributed by atoms with Crippen LogP contribution in [0.25, 0.3) is 0 Å². The molecule has 1 fully saturated rings. The highest BCUT2D eigenvalue weighted by Crippen LogP contribution is 2.34. The number of nitrogens with zero attached hydrogens (tertiary/aromatic N) is 1. The predicted molar refractivity (Wildman–Crippen MR) is 129 cm³/mol. The van der Waals surface area contributed by atoms with Crippen LogP contribution >= 0.6 is 11.6 Å². The van der Waals surface area contributed by atoms with Crippen molar-refractivity contribution in [1.29, 1.82) is 0 Å². The molecule has 5 heteroatoms. The summed E-state index contributed by atoms with van der Waals surface area (Å²) in [6.45, 7) is 3.27. The van der Waals surface area contributed by atoms with Crippen molar-refractivity contribution < 1.29 is 9.47 Å². The molecule has 162 valence electrons. The number of nitrogens with one attached hydrogen (secondary N) is 1. The van der Waals surface area contributed by atoms with Gasteiger partial charge in [0.15, 0.2) is 11.5 Å². The van der Waals surface area contributed by atoms with Crippen LogP contribution in [0.2, 0.25) is 5.02 Å². The van der Waals surface area contributed by atoms with Crippen molar-refractivity contribution in [1.82, 2.24) is 0 Å². The van der Waals surface area contributed by atoms with E-state index in [1.54, 1.807) is 7.11 Å². The first-order valence-corrected chi connectivity index (χ1v) is 11.2. The van der Waals surface area contributed by atoms with E-state index in [0.29, 0.717) is 13.2 Å². The Balaban J connectivity index is 1.46. The Morgan fingerprint density at radius 1 is 0.935 bits per heavy atom. The third-order valence-corrected chi connectivity index (χ3v) is 5.94. The summed E-state index contributed by atoms with van der Waals surface area (Å²) in [6, 6.07) is 22.3. The minimum atomic E-state index is 0.491. The lowest BCUT2D eigenvalue weighted by Gasteiger charge is -2.29. The largest absolute Gasteiger partial charge is 0.493 e. The van der Waals surface area contributed by atoms with Crippen LogP contribution < -0.4 is 19.7 Å². The number of hydrogen-bond donors (Lipinski definition) is 1. The van der Waals surface area contributed by atoms with Crippen LogP contribution in [-0.2, 0) is 13.2 Å². The first-order valence-electron chi connectivity index (χ1n) is 10.9. The van der Waals surface area contributed by atoms with Gasteiger partial charge in [-0.2, -0.15) is 0 Å². The highest BCUT2D eigenvalue weighted by atomic mass is 35.5. The van der Waals surface area contributed by atoms with Crippen molar-refractivity contribution in [2.24, 2.45) is 0 Å². The van der Waals surface area contributed by atoms with E-state index in [1.807, 2.05) is 36.4 Å². The van der Waals surface area contributed by atoms with Gasteiger partial charge in [0.25, 0.3) is 0 Å². The molecule has 31 heavy (non-hydrogen) atoms. The summed E-state index contributed by atoms with van der Waals surface area (Å²) in [5.41, 5.74) is 4.27. The number of rotatable bonds is 8. The molecule has 0 amide bonds. The highest BCUT2D eigenvalue weighted by Gasteiger charge is 2.15. The predicted octanol–water partition coefficient (Wildman–Crippen LogP) is 6.53. The first kappa shape index (κ1) is 21.4. The number of anilines is 2. The number of benzene rings is 3. The zero-order chi connectivity index (χ0) is 21.5. The van der Waals surface area contributed by atoms with Gasteiger partial charge >= 0.3 is 0 Å². The monoisotopic (exact) mass is 436 g/mol. The molecule has 0 unspecified atom stereocenters. The molecule has 1 aliphatic heterocycles. The SMILES string of the molecule is COc1cccc(CNc2ccc(N3CCCCC3)c(Cl)c2)c1OCc1ccccc1. The van der Waals surface area contributed by atoms with Crippen molar-refractivity contribution in [3.05, 3.63) is 82.9 Å². The van der Waals surface area contributed by atoms with Crippen molar-refractivity contribution in [3.63, 3.8) is 0 Å². The van der Waals surface area contributed by atoms with Crippen LogP contribution in [0, 0.1) is 0 Å². The Kier molecular flexibility index (Phi) is 7.21. The van der Waals surface area contributed by atoms with Gasteiger partial charge in [-0.3, -0.25) is 0 Å². The first-order chi connectivity index (χ1) is 15.2. The molecule has 0 bridgehead atoms. The topological polar surface area (TPSA) is 33.7 Å². The molecular formula is C26H29ClN2O2. The van der Waals surface area contributed by atoms with Gasteiger partial charge < -0.3 is 19.7 Å². The number of methoxy groups -OCH3 is 1. The maximum atomic E-state index is 6.61. The van der Waals surface area contributed by atoms with E-state index in [4.69, 9.17) is 21.1 Å². The molecule has 3 aromatic carbocycles. The van der Waals surface area contributed by atoms with E-state index in [0.717, 1.165) is 52.1 Å². The average Bonchev–Trinajstić information content (AvgIpc) is 2.82. The fraction of sp³-hybridized carbons (Fsp3) is 0.308. The molecule has 1 heterocycles. The van der Waals surface area contributed by atoms with E-state index in [2.05, 4.69) is 40.5 Å². The van der Waals surface area contributed by atoms with Crippen molar-refractivity contribution in [2.75, 3.05) is 30.4 Å². The second-order valence-corrected chi connectivity index (χ2v) is 8.20. The van der Waals surface area contributed by atoms with Gasteiger partial charge in [-0.1, -0.05) is 54.1 Å². The third-order valence-electron chi connectivity index (χ3n) is 5.63. The van der Waals surface area contributed by atoms with Crippen LogP contribution in [0.5, 0.6) is 11.5 Å². The van der Waals surface area contributed by atoms with E-state index in [-0.39, 0.29) is 0 Å². The Morgan fingerprint density at radius 3 is 2.48 bits per heavy atom. The van der Waals surface area contributed by atoms with E-state index in [9.17, 15) is 0 Å². The summed E-state index contributed by atoms with van der Waals surface area (Å²) in [5, 5.41) is 4.27.